The van der Waals surface area contributed by atoms with Gasteiger partial charge < -0.3 is 15.0 Å². The normalized spacial score (nSPS) is 36.5. The molecule has 5 aliphatic rings. The molecule has 2 amide bonds. The molecule has 0 aromatic heterocycles. The first kappa shape index (κ1) is 24.4. The minimum Gasteiger partial charge on any atom is -0.444 e. The molecule has 35 heavy (non-hydrogen) atoms. The van der Waals surface area contributed by atoms with Crippen LogP contribution in [0.2, 0.25) is 0 Å². The molecule has 0 spiro atoms. The molecule has 1 saturated heterocycles. The van der Waals surface area contributed by atoms with Crippen molar-refractivity contribution in [1.29, 1.82) is 0 Å². The first-order valence-corrected chi connectivity index (χ1v) is 13.4. The summed E-state index contributed by atoms with van der Waals surface area (Å²) >= 11 is 0. The smallest absolute Gasteiger partial charge is 0.407 e. The second kappa shape index (κ2) is 8.11. The fourth-order valence-corrected chi connectivity index (χ4v) is 8.14. The van der Waals surface area contributed by atoms with E-state index >= 15 is 0 Å². The lowest BCUT2D eigenvalue weighted by Gasteiger charge is -2.48. The number of hydrogen-bond acceptors (Lipinski definition) is 3. The zero-order chi connectivity index (χ0) is 25.2. The molecule has 5 fully saturated rings. The van der Waals surface area contributed by atoms with E-state index in [9.17, 15) is 9.59 Å². The van der Waals surface area contributed by atoms with Gasteiger partial charge in [-0.05, 0) is 82.6 Å². The number of benzene rings is 1. The number of allylic oxidation sites excluding steroid dienone is 2. The molecule has 6 rings (SSSR count). The summed E-state index contributed by atoms with van der Waals surface area (Å²) in [5, 5.41) is 3.09. The van der Waals surface area contributed by atoms with Crippen molar-refractivity contribution >= 4 is 12.0 Å². The van der Waals surface area contributed by atoms with Crippen LogP contribution in [-0.4, -0.2) is 41.6 Å². The molecule has 1 aromatic rings. The van der Waals surface area contributed by atoms with Crippen LogP contribution in [0.1, 0.15) is 79.2 Å². The number of nitrogens with one attached hydrogen (secondary N) is 1. The zero-order valence-corrected chi connectivity index (χ0v) is 22.3. The number of piperidine rings is 1. The first-order chi connectivity index (χ1) is 16.4. The number of carbonyl (C=O) groups is 2. The van der Waals surface area contributed by atoms with E-state index in [1.54, 1.807) is 0 Å². The summed E-state index contributed by atoms with van der Waals surface area (Å²) in [5.74, 6) is 1.24. The van der Waals surface area contributed by atoms with Crippen LogP contribution in [0.4, 0.5) is 4.79 Å². The molecule has 4 aliphatic carbocycles. The number of amides is 2. The fraction of sp³-hybridized carbons (Fsp3) is 0.667. The first-order valence-electron chi connectivity index (χ1n) is 13.4. The molecule has 4 unspecified atom stereocenters. The molecule has 4 saturated carbocycles. The van der Waals surface area contributed by atoms with E-state index in [4.69, 9.17) is 4.74 Å². The van der Waals surface area contributed by atoms with Crippen LogP contribution >= 0.6 is 0 Å². The van der Waals surface area contributed by atoms with Crippen molar-refractivity contribution in [3.63, 3.8) is 0 Å². The van der Waals surface area contributed by atoms with Gasteiger partial charge in [0.05, 0.1) is 5.41 Å². The van der Waals surface area contributed by atoms with Gasteiger partial charge in [0.25, 0.3) is 0 Å². The third-order valence-electron chi connectivity index (χ3n) is 9.39. The van der Waals surface area contributed by atoms with E-state index in [2.05, 4.69) is 67.4 Å². The zero-order valence-electron chi connectivity index (χ0n) is 22.3. The van der Waals surface area contributed by atoms with Crippen molar-refractivity contribution < 1.29 is 14.3 Å². The monoisotopic (exact) mass is 478 g/mol. The van der Waals surface area contributed by atoms with Gasteiger partial charge in [-0.15, -0.1) is 0 Å². The predicted octanol–water partition coefficient (Wildman–Crippen LogP) is 5.84. The van der Waals surface area contributed by atoms with Crippen LogP contribution < -0.4 is 5.32 Å². The summed E-state index contributed by atoms with van der Waals surface area (Å²) in [6.45, 7) is 13.5. The van der Waals surface area contributed by atoms with Crippen LogP contribution in [-0.2, 0) is 14.9 Å². The highest BCUT2D eigenvalue weighted by molar-refractivity contribution is 5.86. The van der Waals surface area contributed by atoms with Crippen LogP contribution in [0, 0.1) is 22.7 Å². The van der Waals surface area contributed by atoms with Crippen LogP contribution in [0.25, 0.3) is 0 Å². The summed E-state index contributed by atoms with van der Waals surface area (Å²) < 4.78 is 5.50. The lowest BCUT2D eigenvalue weighted by atomic mass is 9.62. The Morgan fingerprint density at radius 1 is 1.11 bits per heavy atom. The van der Waals surface area contributed by atoms with Crippen LogP contribution in [0.15, 0.2) is 42.0 Å². The number of hydrogen-bond donors (Lipinski definition) is 1. The third kappa shape index (κ3) is 3.99. The molecule has 5 heteroatoms. The number of nitrogens with zero attached hydrogens (tertiary/aromatic N) is 1. The number of carbonyl (C=O) groups excluding carboxylic acids is 2. The minimum atomic E-state index is -0.524. The molecule has 1 aromatic carbocycles. The van der Waals surface area contributed by atoms with Crippen molar-refractivity contribution in [3.8, 4) is 0 Å². The number of ether oxygens (including phenoxy) is 1. The topological polar surface area (TPSA) is 58.6 Å². The van der Waals surface area contributed by atoms with Gasteiger partial charge in [-0.25, -0.2) is 4.79 Å². The maximum Gasteiger partial charge on any atom is 0.407 e. The molecule has 1 heterocycles. The van der Waals surface area contributed by atoms with Gasteiger partial charge in [0.1, 0.15) is 5.60 Å². The number of likely N-dealkylation sites (tertiary alicyclic amines) is 1. The molecule has 5 atom stereocenters. The van der Waals surface area contributed by atoms with Crippen molar-refractivity contribution in [2.45, 2.75) is 90.7 Å². The predicted molar refractivity (Wildman–Crippen MR) is 138 cm³/mol. The molecule has 1 N–H and O–H groups in total. The number of rotatable bonds is 3. The lowest BCUT2D eigenvalue weighted by Crippen LogP contribution is -2.59. The van der Waals surface area contributed by atoms with Crippen molar-refractivity contribution in [2.75, 3.05) is 13.1 Å². The second-order valence-corrected chi connectivity index (χ2v) is 13.3. The minimum absolute atomic E-state index is 0.0167. The molecule has 1 aliphatic heterocycles. The van der Waals surface area contributed by atoms with E-state index in [1.807, 2.05) is 20.8 Å². The Kier molecular flexibility index (Phi) is 5.65. The Morgan fingerprint density at radius 2 is 1.83 bits per heavy atom. The Balaban J connectivity index is 1.36. The summed E-state index contributed by atoms with van der Waals surface area (Å²) in [5.41, 5.74) is 2.05. The van der Waals surface area contributed by atoms with Gasteiger partial charge in [-0.3, -0.25) is 4.79 Å². The molecule has 190 valence electrons. The van der Waals surface area contributed by atoms with Gasteiger partial charge in [-0.2, -0.15) is 0 Å². The lowest BCUT2D eigenvalue weighted by molar-refractivity contribution is -0.148. The fourth-order valence-electron chi connectivity index (χ4n) is 8.14. The van der Waals surface area contributed by atoms with Crippen molar-refractivity contribution in [3.05, 3.63) is 47.5 Å². The average molecular weight is 479 g/mol. The van der Waals surface area contributed by atoms with E-state index in [0.29, 0.717) is 30.8 Å². The van der Waals surface area contributed by atoms with Gasteiger partial charge in [0, 0.05) is 24.5 Å². The van der Waals surface area contributed by atoms with Gasteiger partial charge in [0.2, 0.25) is 5.91 Å². The maximum absolute atomic E-state index is 14.4. The molecular formula is C30H42N2O3. The Labute approximate surface area is 210 Å². The van der Waals surface area contributed by atoms with Crippen LogP contribution in [0.3, 0.4) is 0 Å². The maximum atomic E-state index is 14.4. The summed E-state index contributed by atoms with van der Waals surface area (Å²) in [7, 11) is 0. The van der Waals surface area contributed by atoms with Crippen molar-refractivity contribution in [2.24, 2.45) is 22.7 Å². The molecular weight excluding hydrogens is 436 g/mol. The highest BCUT2D eigenvalue weighted by Gasteiger charge is 2.69. The van der Waals surface area contributed by atoms with Gasteiger partial charge >= 0.3 is 6.09 Å². The largest absolute Gasteiger partial charge is 0.444 e. The Hall–Kier alpha value is -2.30. The van der Waals surface area contributed by atoms with Gasteiger partial charge in [0.15, 0.2) is 0 Å². The highest BCUT2D eigenvalue weighted by atomic mass is 16.6. The summed E-state index contributed by atoms with van der Waals surface area (Å²) in [4.78, 5) is 29.0. The summed E-state index contributed by atoms with van der Waals surface area (Å²) in [6.07, 6.45) is 6.94. The molecule has 5 nitrogen and oxygen atoms in total. The highest BCUT2D eigenvalue weighted by Crippen LogP contribution is 2.73. The van der Waals surface area contributed by atoms with Crippen molar-refractivity contribution in [1.82, 2.24) is 10.2 Å². The molecule has 0 radical (unpaired) electrons. The van der Waals surface area contributed by atoms with E-state index in [1.165, 1.54) is 17.6 Å². The third-order valence-corrected chi connectivity index (χ3v) is 9.39. The SMILES string of the molecule is C/C=C1/C2CC3(c4ccccc4)CC1C(C(=O)N1CC[C@H](NC(=O)OC(C)(C)C)C(C)(C)C1)(C2)C3. The molecule has 4 bridgehead atoms. The van der Waals surface area contributed by atoms with E-state index in [-0.39, 0.29) is 28.4 Å². The van der Waals surface area contributed by atoms with E-state index < -0.39 is 5.60 Å². The average Bonchev–Trinajstić information content (AvgIpc) is 3.15. The summed E-state index contributed by atoms with van der Waals surface area (Å²) in [6, 6.07) is 10.9. The van der Waals surface area contributed by atoms with E-state index in [0.717, 1.165) is 25.7 Å². The van der Waals surface area contributed by atoms with Gasteiger partial charge in [-0.1, -0.05) is 55.8 Å². The second-order valence-electron chi connectivity index (χ2n) is 13.3. The standard InChI is InChI=1S/C30H42N2O3/c1-7-22-20-15-29(21-11-9-8-10-12-21)17-23(22)30(16-20,18-29)25(33)32-14-13-24(28(5,6)19-32)31-26(34)35-27(2,3)4/h7-12,20,23-24H,13-19H2,1-6H3,(H,31,34)/b22-7-/t20?,23?,24-,29?,30?/m0/s1. The number of alkyl carbamates (subject to hydrolysis) is 1. The Bertz CT molecular complexity index is 1040. The van der Waals surface area contributed by atoms with Crippen LogP contribution in [0.5, 0.6) is 0 Å². The Morgan fingerprint density at radius 3 is 2.46 bits per heavy atom. The quantitative estimate of drug-likeness (QED) is 0.555.